The zero-order valence-electron chi connectivity index (χ0n) is 8.58. The van der Waals surface area contributed by atoms with Gasteiger partial charge in [0.25, 0.3) is 0 Å². The van der Waals surface area contributed by atoms with Crippen molar-refractivity contribution in [3.05, 3.63) is 22.9 Å². The zero-order chi connectivity index (χ0) is 10.5. The second-order valence-electron chi connectivity index (χ2n) is 3.82. The van der Waals surface area contributed by atoms with Gasteiger partial charge in [0, 0.05) is 0 Å². The first kappa shape index (κ1) is 10.9. The molecule has 1 aliphatic heterocycles. The summed E-state index contributed by atoms with van der Waals surface area (Å²) in [6.07, 6.45) is 4.18. The van der Waals surface area contributed by atoms with E-state index < -0.39 is 0 Å². The number of hydrogen-bond donors (Lipinski definition) is 1. The van der Waals surface area contributed by atoms with Crippen molar-refractivity contribution in [2.45, 2.75) is 12.8 Å². The van der Waals surface area contributed by atoms with E-state index in [4.69, 9.17) is 4.74 Å². The van der Waals surface area contributed by atoms with Gasteiger partial charge in [-0.05, 0) is 59.9 Å². The number of piperidine rings is 1. The first-order chi connectivity index (χ1) is 7.34. The average molecular weight is 271 g/mol. The van der Waals surface area contributed by atoms with Gasteiger partial charge in [0.1, 0.15) is 10.4 Å². The average Bonchev–Trinajstić information content (AvgIpc) is 2.30. The number of nitrogens with zero attached hydrogens (tertiary/aromatic N) is 1. The van der Waals surface area contributed by atoms with Crippen LogP contribution in [0, 0.1) is 5.92 Å². The molecular weight excluding hydrogens is 256 g/mol. The predicted molar refractivity (Wildman–Crippen MR) is 63.0 cm³/mol. The molecule has 82 valence electrons. The summed E-state index contributed by atoms with van der Waals surface area (Å²) < 4.78 is 6.53. The highest BCUT2D eigenvalue weighted by molar-refractivity contribution is 9.10. The Kier molecular flexibility index (Phi) is 3.97. The lowest BCUT2D eigenvalue weighted by molar-refractivity contribution is 0.214. The molecule has 0 saturated carbocycles. The SMILES string of the molecule is Brc1ccc(OCC2CCNCC2)cn1. The predicted octanol–water partition coefficient (Wildman–Crippen LogP) is 2.22. The second kappa shape index (κ2) is 5.47. The highest BCUT2D eigenvalue weighted by Crippen LogP contribution is 2.16. The number of aromatic nitrogens is 1. The van der Waals surface area contributed by atoms with Gasteiger partial charge < -0.3 is 10.1 Å². The van der Waals surface area contributed by atoms with Crippen molar-refractivity contribution in [1.82, 2.24) is 10.3 Å². The van der Waals surface area contributed by atoms with Crippen molar-refractivity contribution in [2.75, 3.05) is 19.7 Å². The Morgan fingerprint density at radius 2 is 2.20 bits per heavy atom. The molecule has 1 saturated heterocycles. The Bertz CT molecular complexity index is 296. The smallest absolute Gasteiger partial charge is 0.137 e. The van der Waals surface area contributed by atoms with Crippen LogP contribution in [-0.4, -0.2) is 24.7 Å². The van der Waals surface area contributed by atoms with Crippen LogP contribution in [0.3, 0.4) is 0 Å². The maximum atomic E-state index is 5.69. The normalized spacial score (nSPS) is 17.7. The molecule has 0 aromatic carbocycles. The molecule has 15 heavy (non-hydrogen) atoms. The monoisotopic (exact) mass is 270 g/mol. The van der Waals surface area contributed by atoms with E-state index in [1.165, 1.54) is 12.8 Å². The number of hydrogen-bond acceptors (Lipinski definition) is 3. The van der Waals surface area contributed by atoms with Crippen LogP contribution in [0.1, 0.15) is 12.8 Å². The van der Waals surface area contributed by atoms with Gasteiger partial charge in [-0.1, -0.05) is 0 Å². The summed E-state index contributed by atoms with van der Waals surface area (Å²) in [4.78, 5) is 4.12. The first-order valence-electron chi connectivity index (χ1n) is 5.29. The molecule has 2 heterocycles. The topological polar surface area (TPSA) is 34.1 Å². The number of halogens is 1. The van der Waals surface area contributed by atoms with Crippen LogP contribution in [0.25, 0.3) is 0 Å². The zero-order valence-corrected chi connectivity index (χ0v) is 10.2. The van der Waals surface area contributed by atoms with Crippen LogP contribution < -0.4 is 10.1 Å². The minimum absolute atomic E-state index is 0.690. The molecule has 0 atom stereocenters. The summed E-state index contributed by atoms with van der Waals surface area (Å²) in [5.74, 6) is 1.55. The molecule has 0 bridgehead atoms. The maximum absolute atomic E-state index is 5.69. The van der Waals surface area contributed by atoms with Crippen LogP contribution in [0.5, 0.6) is 5.75 Å². The summed E-state index contributed by atoms with van der Waals surface area (Å²) in [7, 11) is 0. The molecular formula is C11H15BrN2O. The maximum Gasteiger partial charge on any atom is 0.137 e. The Morgan fingerprint density at radius 3 is 2.87 bits per heavy atom. The van der Waals surface area contributed by atoms with Crippen molar-refractivity contribution in [3.8, 4) is 5.75 Å². The van der Waals surface area contributed by atoms with Gasteiger partial charge in [-0.15, -0.1) is 0 Å². The summed E-state index contributed by atoms with van der Waals surface area (Å²) in [5, 5.41) is 3.35. The van der Waals surface area contributed by atoms with E-state index in [-0.39, 0.29) is 0 Å². The summed E-state index contributed by atoms with van der Waals surface area (Å²) in [6, 6.07) is 3.84. The van der Waals surface area contributed by atoms with Gasteiger partial charge >= 0.3 is 0 Å². The third kappa shape index (κ3) is 3.47. The highest BCUT2D eigenvalue weighted by Gasteiger charge is 2.13. The third-order valence-corrected chi connectivity index (χ3v) is 3.11. The number of nitrogens with one attached hydrogen (secondary N) is 1. The third-order valence-electron chi connectivity index (χ3n) is 2.64. The van der Waals surface area contributed by atoms with Crippen LogP contribution >= 0.6 is 15.9 Å². The molecule has 0 spiro atoms. The largest absolute Gasteiger partial charge is 0.492 e. The molecule has 4 heteroatoms. The first-order valence-corrected chi connectivity index (χ1v) is 6.09. The van der Waals surface area contributed by atoms with Crippen molar-refractivity contribution in [1.29, 1.82) is 0 Å². The van der Waals surface area contributed by atoms with Crippen molar-refractivity contribution < 1.29 is 4.74 Å². The fourth-order valence-electron chi connectivity index (χ4n) is 1.71. The standard InChI is InChI=1S/C11H15BrN2O/c12-11-2-1-10(7-14-11)15-8-9-3-5-13-6-4-9/h1-2,7,9,13H,3-6,8H2. The van der Waals surface area contributed by atoms with Crippen molar-refractivity contribution in [3.63, 3.8) is 0 Å². The Hall–Kier alpha value is -0.610. The van der Waals surface area contributed by atoms with E-state index in [9.17, 15) is 0 Å². The molecule has 1 aromatic heterocycles. The van der Waals surface area contributed by atoms with Gasteiger partial charge in [-0.2, -0.15) is 0 Å². The van der Waals surface area contributed by atoms with Gasteiger partial charge in [0.05, 0.1) is 12.8 Å². The fraction of sp³-hybridized carbons (Fsp3) is 0.545. The van der Waals surface area contributed by atoms with E-state index in [0.29, 0.717) is 5.92 Å². The van der Waals surface area contributed by atoms with E-state index in [0.717, 1.165) is 30.0 Å². The molecule has 1 aliphatic rings. The van der Waals surface area contributed by atoms with E-state index in [1.54, 1.807) is 6.20 Å². The lowest BCUT2D eigenvalue weighted by atomic mass is 9.99. The second-order valence-corrected chi connectivity index (χ2v) is 4.63. The van der Waals surface area contributed by atoms with E-state index >= 15 is 0 Å². The molecule has 2 rings (SSSR count). The van der Waals surface area contributed by atoms with Gasteiger partial charge in [0.2, 0.25) is 0 Å². The quantitative estimate of drug-likeness (QED) is 0.856. The van der Waals surface area contributed by atoms with Crippen LogP contribution in [0.15, 0.2) is 22.9 Å². The van der Waals surface area contributed by atoms with Crippen molar-refractivity contribution in [2.24, 2.45) is 5.92 Å². The molecule has 1 N–H and O–H groups in total. The van der Waals surface area contributed by atoms with Crippen LogP contribution in [0.2, 0.25) is 0 Å². The van der Waals surface area contributed by atoms with Gasteiger partial charge in [0.15, 0.2) is 0 Å². The Morgan fingerprint density at radius 1 is 1.40 bits per heavy atom. The Labute approximate surface area is 98.4 Å². The molecule has 1 aromatic rings. The molecule has 1 fully saturated rings. The minimum Gasteiger partial charge on any atom is -0.492 e. The summed E-state index contributed by atoms with van der Waals surface area (Å²) in [6.45, 7) is 3.05. The highest BCUT2D eigenvalue weighted by atomic mass is 79.9. The molecule has 0 unspecified atom stereocenters. The lowest BCUT2D eigenvalue weighted by Crippen LogP contribution is -2.30. The lowest BCUT2D eigenvalue weighted by Gasteiger charge is -2.22. The van der Waals surface area contributed by atoms with Gasteiger partial charge in [-0.25, -0.2) is 4.98 Å². The Balaban J connectivity index is 1.79. The van der Waals surface area contributed by atoms with Crippen molar-refractivity contribution >= 4 is 15.9 Å². The van der Waals surface area contributed by atoms with Crippen LogP contribution in [-0.2, 0) is 0 Å². The fourth-order valence-corrected chi connectivity index (χ4v) is 1.94. The number of ether oxygens (including phenoxy) is 1. The summed E-state index contributed by atoms with van der Waals surface area (Å²) in [5.41, 5.74) is 0. The molecule has 0 aliphatic carbocycles. The molecule has 0 radical (unpaired) electrons. The summed E-state index contributed by atoms with van der Waals surface area (Å²) >= 11 is 3.30. The molecule has 3 nitrogen and oxygen atoms in total. The van der Waals surface area contributed by atoms with Gasteiger partial charge in [-0.3, -0.25) is 0 Å². The van der Waals surface area contributed by atoms with E-state index in [2.05, 4.69) is 26.2 Å². The van der Waals surface area contributed by atoms with E-state index in [1.807, 2.05) is 12.1 Å². The molecule has 0 amide bonds. The number of pyridine rings is 1. The number of rotatable bonds is 3. The minimum atomic E-state index is 0.690. The van der Waals surface area contributed by atoms with Crippen LogP contribution in [0.4, 0.5) is 0 Å².